The highest BCUT2D eigenvalue weighted by Crippen LogP contribution is 2.46. The number of hydrogen-bond acceptors (Lipinski definition) is 6. The van der Waals surface area contributed by atoms with E-state index >= 15 is 0 Å². The molecule has 4 rings (SSSR count). The molecule has 1 amide bonds. The lowest BCUT2D eigenvalue weighted by Gasteiger charge is -2.50. The Morgan fingerprint density at radius 3 is 2.66 bits per heavy atom. The monoisotopic (exact) mass is 489 g/mol. The number of aliphatic hydroxyl groups is 2. The summed E-state index contributed by atoms with van der Waals surface area (Å²) in [5.41, 5.74) is 1.04. The Bertz CT molecular complexity index is 988. The maximum absolute atomic E-state index is 14.1. The van der Waals surface area contributed by atoms with Crippen molar-refractivity contribution in [2.45, 2.75) is 88.2 Å². The Morgan fingerprint density at radius 1 is 1.26 bits per heavy atom. The topological polar surface area (TPSA) is 97.3 Å². The van der Waals surface area contributed by atoms with E-state index in [1.54, 1.807) is 6.07 Å². The molecule has 0 bridgehead atoms. The van der Waals surface area contributed by atoms with Crippen LogP contribution < -0.4 is 5.32 Å². The molecule has 7 nitrogen and oxygen atoms in total. The summed E-state index contributed by atoms with van der Waals surface area (Å²) in [6.45, 7) is 3.82. The molecule has 1 aromatic carbocycles. The average molecular weight is 490 g/mol. The number of hydrogen-bond donors (Lipinski definition) is 3. The minimum Gasteiger partial charge on any atom is -0.387 e. The fraction of sp³-hybridized carbons (Fsp3) is 0.593. The maximum Gasteiger partial charge on any atom is 0.216 e. The van der Waals surface area contributed by atoms with E-state index in [0.29, 0.717) is 19.4 Å². The molecule has 1 saturated heterocycles. The second-order valence-electron chi connectivity index (χ2n) is 10.1. The van der Waals surface area contributed by atoms with Crippen molar-refractivity contribution in [1.82, 2.24) is 5.32 Å². The van der Waals surface area contributed by atoms with Gasteiger partial charge in [-0.15, -0.1) is 0 Å². The SMILES string of the molecule is CO[C@@H]1[C@@H](O)[C@@H](O)[C@H](OC2(C)C=CC(CCNC(C)=O)=C(c3cccc(F)c3)C2)OC12CCCC2. The van der Waals surface area contributed by atoms with E-state index in [-0.39, 0.29) is 11.7 Å². The van der Waals surface area contributed by atoms with Crippen LogP contribution in [0.15, 0.2) is 42.0 Å². The highest BCUT2D eigenvalue weighted by molar-refractivity contribution is 5.74. The zero-order chi connectivity index (χ0) is 25.2. The van der Waals surface area contributed by atoms with E-state index in [2.05, 4.69) is 5.32 Å². The molecule has 35 heavy (non-hydrogen) atoms. The van der Waals surface area contributed by atoms with Crippen LogP contribution in [0.4, 0.5) is 4.39 Å². The highest BCUT2D eigenvalue weighted by atomic mass is 19.1. The first-order valence-electron chi connectivity index (χ1n) is 12.3. The normalized spacial score (nSPS) is 32.3. The van der Waals surface area contributed by atoms with Gasteiger partial charge in [-0.25, -0.2) is 4.39 Å². The molecule has 192 valence electrons. The molecule has 8 heteroatoms. The lowest BCUT2D eigenvalue weighted by molar-refractivity contribution is -0.348. The maximum atomic E-state index is 14.1. The summed E-state index contributed by atoms with van der Waals surface area (Å²) in [4.78, 5) is 11.3. The van der Waals surface area contributed by atoms with Crippen LogP contribution in [0, 0.1) is 5.82 Å². The summed E-state index contributed by atoms with van der Waals surface area (Å²) in [5.74, 6) is -0.445. The Labute approximate surface area is 206 Å². The molecule has 5 atom stereocenters. The lowest BCUT2D eigenvalue weighted by Crippen LogP contribution is -2.65. The van der Waals surface area contributed by atoms with Gasteiger partial charge in [0, 0.05) is 27.0 Å². The van der Waals surface area contributed by atoms with E-state index in [1.807, 2.05) is 25.1 Å². The molecule has 1 aliphatic heterocycles. The van der Waals surface area contributed by atoms with Crippen molar-refractivity contribution < 1.29 is 33.6 Å². The van der Waals surface area contributed by atoms with Crippen LogP contribution in [0.2, 0.25) is 0 Å². The number of halogens is 1. The van der Waals surface area contributed by atoms with Crippen molar-refractivity contribution in [2.75, 3.05) is 13.7 Å². The molecule has 1 saturated carbocycles. The van der Waals surface area contributed by atoms with Crippen molar-refractivity contribution in [3.63, 3.8) is 0 Å². The van der Waals surface area contributed by atoms with Crippen molar-refractivity contribution >= 4 is 11.5 Å². The van der Waals surface area contributed by atoms with Gasteiger partial charge in [0.2, 0.25) is 5.91 Å². The first-order chi connectivity index (χ1) is 16.7. The van der Waals surface area contributed by atoms with Crippen molar-refractivity contribution in [2.24, 2.45) is 0 Å². The fourth-order valence-electron chi connectivity index (χ4n) is 5.66. The van der Waals surface area contributed by atoms with Gasteiger partial charge in [-0.1, -0.05) is 37.1 Å². The van der Waals surface area contributed by atoms with Crippen LogP contribution in [0.25, 0.3) is 5.57 Å². The lowest BCUT2D eigenvalue weighted by atomic mass is 9.82. The number of carbonyl (C=O) groups is 1. The minimum absolute atomic E-state index is 0.108. The van der Waals surface area contributed by atoms with E-state index in [1.165, 1.54) is 26.2 Å². The largest absolute Gasteiger partial charge is 0.387 e. The molecule has 1 aromatic rings. The number of amides is 1. The van der Waals surface area contributed by atoms with Crippen LogP contribution >= 0.6 is 0 Å². The molecule has 1 spiro atoms. The van der Waals surface area contributed by atoms with Gasteiger partial charge in [0.25, 0.3) is 0 Å². The third-order valence-electron chi connectivity index (χ3n) is 7.39. The van der Waals surface area contributed by atoms with Gasteiger partial charge >= 0.3 is 0 Å². The van der Waals surface area contributed by atoms with Crippen LogP contribution in [-0.2, 0) is 19.0 Å². The standard InChI is InChI=1S/C27H36FNO6/c1-17(30)29-14-10-18-9-13-26(2,16-21(18)19-7-6-8-20(28)15-19)34-25-23(32)22(31)24(33-3)27(35-25)11-4-5-12-27/h6-9,13,15,22-25,31-32H,4-5,10-12,14,16H2,1-3H3,(H,29,30)/t22-,23+,24+,25+,26?/m0/s1. The van der Waals surface area contributed by atoms with E-state index < -0.39 is 35.8 Å². The number of allylic oxidation sites excluding steroid dienone is 1. The second-order valence-corrected chi connectivity index (χ2v) is 10.1. The zero-order valence-corrected chi connectivity index (χ0v) is 20.6. The van der Waals surface area contributed by atoms with Crippen molar-refractivity contribution in [3.05, 3.63) is 53.4 Å². The number of methoxy groups -OCH3 is 1. The Kier molecular flexibility index (Phi) is 7.78. The Balaban J connectivity index is 1.58. The molecule has 1 heterocycles. The van der Waals surface area contributed by atoms with Crippen LogP contribution in [-0.4, -0.2) is 65.6 Å². The summed E-state index contributed by atoms with van der Waals surface area (Å²) in [6, 6.07) is 6.40. The second kappa shape index (κ2) is 10.5. The van der Waals surface area contributed by atoms with Crippen LogP contribution in [0.1, 0.15) is 57.9 Å². The summed E-state index contributed by atoms with van der Waals surface area (Å²) < 4.78 is 32.4. The van der Waals surface area contributed by atoms with Gasteiger partial charge in [-0.3, -0.25) is 4.79 Å². The van der Waals surface area contributed by atoms with Crippen LogP contribution in [0.5, 0.6) is 0 Å². The molecule has 3 N–H and O–H groups in total. The molecule has 2 aliphatic carbocycles. The molecule has 0 radical (unpaired) electrons. The number of carbonyl (C=O) groups excluding carboxylic acids is 1. The summed E-state index contributed by atoms with van der Waals surface area (Å²) >= 11 is 0. The number of benzene rings is 1. The Hall–Kier alpha value is -2.10. The molecular formula is C27H36FNO6. The minimum atomic E-state index is -1.28. The highest BCUT2D eigenvalue weighted by Gasteiger charge is 2.56. The predicted molar refractivity (Wildman–Crippen MR) is 129 cm³/mol. The van der Waals surface area contributed by atoms with Crippen LogP contribution in [0.3, 0.4) is 0 Å². The fourth-order valence-corrected chi connectivity index (χ4v) is 5.66. The average Bonchev–Trinajstić information content (AvgIpc) is 3.27. The van der Waals surface area contributed by atoms with Gasteiger partial charge in [-0.05, 0) is 55.0 Å². The summed E-state index contributed by atoms with van der Waals surface area (Å²) in [7, 11) is 1.52. The molecular weight excluding hydrogens is 453 g/mol. The number of rotatable bonds is 7. The smallest absolute Gasteiger partial charge is 0.216 e. The summed E-state index contributed by atoms with van der Waals surface area (Å²) in [6.07, 6.45) is 4.10. The van der Waals surface area contributed by atoms with Gasteiger partial charge in [0.05, 0.1) is 5.60 Å². The zero-order valence-electron chi connectivity index (χ0n) is 20.6. The van der Waals surface area contributed by atoms with Gasteiger partial charge in [-0.2, -0.15) is 0 Å². The van der Waals surface area contributed by atoms with E-state index in [9.17, 15) is 19.4 Å². The third-order valence-corrected chi connectivity index (χ3v) is 7.39. The number of ether oxygens (including phenoxy) is 3. The molecule has 1 unspecified atom stereocenters. The molecule has 3 aliphatic rings. The number of aliphatic hydroxyl groups excluding tert-OH is 2. The van der Waals surface area contributed by atoms with Crippen molar-refractivity contribution in [3.8, 4) is 0 Å². The predicted octanol–water partition coefficient (Wildman–Crippen LogP) is 3.25. The van der Waals surface area contributed by atoms with E-state index in [0.717, 1.165) is 42.4 Å². The van der Waals surface area contributed by atoms with Gasteiger partial charge in [0.15, 0.2) is 6.29 Å². The first kappa shape index (κ1) is 26.0. The van der Waals surface area contributed by atoms with Gasteiger partial charge < -0.3 is 29.7 Å². The number of nitrogens with one attached hydrogen (secondary N) is 1. The molecule has 2 fully saturated rings. The third kappa shape index (κ3) is 5.52. The quantitative estimate of drug-likeness (QED) is 0.544. The molecule has 0 aromatic heterocycles. The first-order valence-corrected chi connectivity index (χ1v) is 12.3. The Morgan fingerprint density at radius 2 is 2.00 bits per heavy atom. The van der Waals surface area contributed by atoms with E-state index in [4.69, 9.17) is 14.2 Å². The van der Waals surface area contributed by atoms with Crippen molar-refractivity contribution in [1.29, 1.82) is 0 Å². The summed E-state index contributed by atoms with van der Waals surface area (Å²) in [5, 5.41) is 24.5. The van der Waals surface area contributed by atoms with Gasteiger partial charge in [0.1, 0.15) is 29.7 Å².